The van der Waals surface area contributed by atoms with Crippen LogP contribution < -0.4 is 0 Å². The van der Waals surface area contributed by atoms with Gasteiger partial charge in [0, 0.05) is 26.6 Å². The Bertz CT molecular complexity index is 622. The monoisotopic (exact) mass is 339 g/mol. The molecule has 24 heavy (non-hydrogen) atoms. The van der Waals surface area contributed by atoms with Crippen molar-refractivity contribution in [2.24, 2.45) is 0 Å². The Balaban J connectivity index is 2.04. The molecule has 1 aliphatic rings. The van der Waals surface area contributed by atoms with Crippen LogP contribution in [0.15, 0.2) is 4.52 Å². The van der Waals surface area contributed by atoms with Crippen LogP contribution in [0.2, 0.25) is 0 Å². The van der Waals surface area contributed by atoms with Crippen molar-refractivity contribution in [2.45, 2.75) is 26.9 Å². The van der Waals surface area contributed by atoms with Gasteiger partial charge in [-0.05, 0) is 13.8 Å². The van der Waals surface area contributed by atoms with E-state index >= 15 is 0 Å². The van der Waals surface area contributed by atoms with Crippen molar-refractivity contribution >= 4 is 17.8 Å². The molecule has 0 saturated carbocycles. The largest absolute Gasteiger partial charge is 0.480 e. The summed E-state index contributed by atoms with van der Waals surface area (Å²) in [4.78, 5) is 37.8. The van der Waals surface area contributed by atoms with Gasteiger partial charge in [0.05, 0.1) is 18.4 Å². The fourth-order valence-electron chi connectivity index (χ4n) is 2.67. The van der Waals surface area contributed by atoms with Crippen LogP contribution in [0.3, 0.4) is 0 Å². The van der Waals surface area contributed by atoms with E-state index in [-0.39, 0.29) is 24.9 Å². The second kappa shape index (κ2) is 7.43. The van der Waals surface area contributed by atoms with E-state index < -0.39 is 18.6 Å². The molecule has 9 nitrogen and oxygen atoms in total. The SMILES string of the molecule is CC(=O)N(CC(=O)O)CC1CN(C(=O)c2c(C)noc2C)CCO1. The zero-order valence-electron chi connectivity index (χ0n) is 13.9. The van der Waals surface area contributed by atoms with Gasteiger partial charge in [-0.2, -0.15) is 0 Å². The van der Waals surface area contributed by atoms with Gasteiger partial charge < -0.3 is 24.2 Å². The second-order valence-electron chi connectivity index (χ2n) is 5.74. The first-order valence-corrected chi connectivity index (χ1v) is 7.60. The number of aliphatic carboxylic acids is 1. The molecule has 1 atom stereocenters. The second-order valence-corrected chi connectivity index (χ2v) is 5.74. The highest BCUT2D eigenvalue weighted by molar-refractivity contribution is 5.96. The lowest BCUT2D eigenvalue weighted by Crippen LogP contribution is -2.51. The van der Waals surface area contributed by atoms with E-state index in [9.17, 15) is 14.4 Å². The molecule has 1 aromatic heterocycles. The Morgan fingerprint density at radius 3 is 2.62 bits per heavy atom. The number of rotatable bonds is 5. The molecule has 1 N–H and O–H groups in total. The van der Waals surface area contributed by atoms with E-state index in [2.05, 4.69) is 5.16 Å². The van der Waals surface area contributed by atoms with E-state index in [4.69, 9.17) is 14.4 Å². The fourth-order valence-corrected chi connectivity index (χ4v) is 2.67. The maximum absolute atomic E-state index is 12.6. The summed E-state index contributed by atoms with van der Waals surface area (Å²) in [7, 11) is 0. The lowest BCUT2D eigenvalue weighted by atomic mass is 10.1. The van der Waals surface area contributed by atoms with Gasteiger partial charge in [0.1, 0.15) is 17.9 Å². The number of carboxylic acid groups (broad SMARTS) is 1. The molecular formula is C15H21N3O6. The van der Waals surface area contributed by atoms with Crippen molar-refractivity contribution in [3.63, 3.8) is 0 Å². The normalized spacial score (nSPS) is 17.6. The molecule has 0 aliphatic carbocycles. The molecule has 132 valence electrons. The van der Waals surface area contributed by atoms with Crippen LogP contribution in [0.1, 0.15) is 28.7 Å². The number of hydrogen-bond acceptors (Lipinski definition) is 6. The van der Waals surface area contributed by atoms with Gasteiger partial charge in [-0.25, -0.2) is 0 Å². The third-order valence-electron chi connectivity index (χ3n) is 3.87. The molecule has 1 saturated heterocycles. The lowest BCUT2D eigenvalue weighted by Gasteiger charge is -2.35. The summed E-state index contributed by atoms with van der Waals surface area (Å²) < 4.78 is 10.6. The number of hydrogen-bond donors (Lipinski definition) is 1. The maximum Gasteiger partial charge on any atom is 0.323 e. The molecule has 2 heterocycles. The summed E-state index contributed by atoms with van der Waals surface area (Å²) in [5, 5.41) is 12.7. The zero-order chi connectivity index (χ0) is 17.9. The Labute approximate surface area is 139 Å². The summed E-state index contributed by atoms with van der Waals surface area (Å²) in [6, 6.07) is 0. The number of carbonyl (C=O) groups is 3. The van der Waals surface area contributed by atoms with Gasteiger partial charge in [0.15, 0.2) is 0 Å². The number of ether oxygens (including phenoxy) is 1. The van der Waals surface area contributed by atoms with Crippen molar-refractivity contribution in [1.29, 1.82) is 0 Å². The number of amides is 2. The average Bonchev–Trinajstić information content (AvgIpc) is 2.84. The van der Waals surface area contributed by atoms with Crippen LogP contribution >= 0.6 is 0 Å². The number of aryl methyl sites for hydroxylation is 2. The van der Waals surface area contributed by atoms with Crippen LogP contribution in [0.25, 0.3) is 0 Å². The first-order chi connectivity index (χ1) is 11.3. The molecule has 1 aromatic rings. The maximum atomic E-state index is 12.6. The minimum atomic E-state index is -1.09. The Hall–Kier alpha value is -2.42. The van der Waals surface area contributed by atoms with E-state index in [1.807, 2.05) is 0 Å². The highest BCUT2D eigenvalue weighted by Gasteiger charge is 2.30. The molecule has 0 radical (unpaired) electrons. The highest BCUT2D eigenvalue weighted by atomic mass is 16.5. The molecule has 2 rings (SSSR count). The third-order valence-corrected chi connectivity index (χ3v) is 3.87. The summed E-state index contributed by atoms with van der Waals surface area (Å²) in [5.74, 6) is -1.19. The molecular weight excluding hydrogens is 318 g/mol. The van der Waals surface area contributed by atoms with Crippen molar-refractivity contribution in [3.8, 4) is 0 Å². The van der Waals surface area contributed by atoms with Gasteiger partial charge >= 0.3 is 5.97 Å². The van der Waals surface area contributed by atoms with E-state index in [1.165, 1.54) is 11.8 Å². The van der Waals surface area contributed by atoms with Crippen molar-refractivity contribution < 1.29 is 28.8 Å². The predicted molar refractivity (Wildman–Crippen MR) is 81.5 cm³/mol. The summed E-state index contributed by atoms with van der Waals surface area (Å²) in [6.07, 6.45) is -0.438. The highest BCUT2D eigenvalue weighted by Crippen LogP contribution is 2.17. The third kappa shape index (κ3) is 4.10. The number of carboxylic acids is 1. The molecule has 0 aromatic carbocycles. The molecule has 0 spiro atoms. The lowest BCUT2D eigenvalue weighted by molar-refractivity contribution is -0.145. The van der Waals surface area contributed by atoms with Gasteiger partial charge in [-0.15, -0.1) is 0 Å². The number of morpholine rings is 1. The Morgan fingerprint density at radius 2 is 2.08 bits per heavy atom. The molecule has 9 heteroatoms. The Morgan fingerprint density at radius 1 is 1.38 bits per heavy atom. The Kier molecular flexibility index (Phi) is 5.55. The van der Waals surface area contributed by atoms with Crippen molar-refractivity contribution in [1.82, 2.24) is 15.0 Å². The van der Waals surface area contributed by atoms with Gasteiger partial charge in [-0.3, -0.25) is 14.4 Å². The summed E-state index contributed by atoms with van der Waals surface area (Å²) in [6.45, 7) is 5.41. The van der Waals surface area contributed by atoms with Crippen molar-refractivity contribution in [2.75, 3.05) is 32.8 Å². The quantitative estimate of drug-likeness (QED) is 0.807. The fraction of sp³-hybridized carbons (Fsp3) is 0.600. The van der Waals surface area contributed by atoms with E-state index in [1.54, 1.807) is 18.7 Å². The van der Waals surface area contributed by atoms with Crippen molar-refractivity contribution in [3.05, 3.63) is 17.0 Å². The minimum Gasteiger partial charge on any atom is -0.480 e. The van der Waals surface area contributed by atoms with Crippen LogP contribution in [0.5, 0.6) is 0 Å². The number of nitrogens with zero attached hydrogens (tertiary/aromatic N) is 3. The standard InChI is InChI=1S/C15H21N3O6/c1-9-14(10(2)24-16-9)15(22)17-4-5-23-12(6-17)7-18(11(3)19)8-13(20)21/h12H,4-8H2,1-3H3,(H,20,21). The molecule has 2 amide bonds. The summed E-state index contributed by atoms with van der Waals surface area (Å²) >= 11 is 0. The first-order valence-electron chi connectivity index (χ1n) is 7.60. The minimum absolute atomic E-state index is 0.118. The van der Waals surface area contributed by atoms with E-state index in [0.717, 1.165) is 0 Å². The number of aromatic nitrogens is 1. The van der Waals surface area contributed by atoms with E-state index in [0.29, 0.717) is 30.2 Å². The van der Waals surface area contributed by atoms with Crippen LogP contribution in [-0.2, 0) is 14.3 Å². The van der Waals surface area contributed by atoms with Gasteiger partial charge in [0.25, 0.3) is 5.91 Å². The zero-order valence-corrected chi connectivity index (χ0v) is 13.9. The molecule has 1 aliphatic heterocycles. The average molecular weight is 339 g/mol. The molecule has 0 bridgehead atoms. The molecule has 1 fully saturated rings. The van der Waals surface area contributed by atoms with Crippen LogP contribution in [0, 0.1) is 13.8 Å². The smallest absolute Gasteiger partial charge is 0.323 e. The summed E-state index contributed by atoms with van der Waals surface area (Å²) in [5.41, 5.74) is 0.960. The van der Waals surface area contributed by atoms with Gasteiger partial charge in [0.2, 0.25) is 5.91 Å². The predicted octanol–water partition coefficient (Wildman–Crippen LogP) is 0.0655. The topological polar surface area (TPSA) is 113 Å². The van der Waals surface area contributed by atoms with Gasteiger partial charge in [-0.1, -0.05) is 5.16 Å². The molecule has 1 unspecified atom stereocenters. The number of carbonyl (C=O) groups excluding carboxylic acids is 2. The van der Waals surface area contributed by atoms with Crippen LogP contribution in [-0.4, -0.2) is 76.7 Å². The first kappa shape index (κ1) is 17.9. The van der Waals surface area contributed by atoms with Crippen LogP contribution in [0.4, 0.5) is 0 Å².